The number of hydrogen-bond donors (Lipinski definition) is 1. The van der Waals surface area contributed by atoms with Gasteiger partial charge in [-0.15, -0.1) is 11.3 Å². The zero-order valence-corrected chi connectivity index (χ0v) is 14.1. The first-order valence-electron chi connectivity index (χ1n) is 5.85. The van der Waals surface area contributed by atoms with Crippen LogP contribution in [0.4, 0.5) is 5.69 Å². The number of nitrogens with zero attached hydrogens (tertiary/aromatic N) is 1. The Kier molecular flexibility index (Phi) is 4.09. The van der Waals surface area contributed by atoms with E-state index >= 15 is 0 Å². The third-order valence-corrected chi connectivity index (χ3v) is 6.97. The number of aromatic nitrogens is 1. The van der Waals surface area contributed by atoms with E-state index in [1.807, 2.05) is 6.92 Å². The fourth-order valence-electron chi connectivity index (χ4n) is 1.86. The minimum atomic E-state index is -3.84. The van der Waals surface area contributed by atoms with Crippen molar-refractivity contribution in [2.24, 2.45) is 0 Å². The van der Waals surface area contributed by atoms with Crippen LogP contribution in [0.3, 0.4) is 0 Å². The van der Waals surface area contributed by atoms with Gasteiger partial charge in [0.1, 0.15) is 4.21 Å². The van der Waals surface area contributed by atoms with E-state index < -0.39 is 19.9 Å². The molecule has 0 aliphatic heterocycles. The first-order chi connectivity index (χ1) is 9.61. The lowest BCUT2D eigenvalue weighted by Crippen LogP contribution is -2.15. The molecule has 0 fully saturated rings. The van der Waals surface area contributed by atoms with E-state index in [0.717, 1.165) is 22.5 Å². The van der Waals surface area contributed by atoms with Gasteiger partial charge in [-0.3, -0.25) is 9.71 Å². The third kappa shape index (κ3) is 3.42. The highest BCUT2D eigenvalue weighted by Crippen LogP contribution is 2.29. The number of sulfonamides is 1. The molecule has 2 rings (SSSR count). The van der Waals surface area contributed by atoms with E-state index in [1.54, 1.807) is 13.0 Å². The maximum Gasteiger partial charge on any atom is 0.271 e. The fourth-order valence-corrected chi connectivity index (χ4v) is 5.47. The maximum atomic E-state index is 12.4. The summed E-state index contributed by atoms with van der Waals surface area (Å²) in [6, 6.07) is 3.03. The van der Waals surface area contributed by atoms with E-state index in [0.29, 0.717) is 5.56 Å². The second-order valence-corrected chi connectivity index (χ2v) is 9.70. The normalized spacial score (nSPS) is 12.3. The van der Waals surface area contributed by atoms with Gasteiger partial charge in [-0.05, 0) is 31.5 Å². The Morgan fingerprint density at radius 2 is 1.86 bits per heavy atom. The number of aryl methyl sites for hydroxylation is 2. The van der Waals surface area contributed by atoms with Gasteiger partial charge in [-0.25, -0.2) is 16.8 Å². The number of sulfone groups is 1. The Morgan fingerprint density at radius 1 is 1.19 bits per heavy atom. The minimum Gasteiger partial charge on any atom is -0.276 e. The second-order valence-electron chi connectivity index (χ2n) is 4.58. The van der Waals surface area contributed by atoms with Gasteiger partial charge in [-0.2, -0.15) is 0 Å². The zero-order valence-electron chi connectivity index (χ0n) is 11.6. The number of nitrogens with one attached hydrogen (secondary N) is 1. The van der Waals surface area contributed by atoms with Crippen molar-refractivity contribution in [1.82, 2.24) is 4.98 Å². The van der Waals surface area contributed by atoms with E-state index in [2.05, 4.69) is 9.71 Å². The lowest BCUT2D eigenvalue weighted by Gasteiger charge is -2.10. The Hall–Kier alpha value is -1.45. The Labute approximate surface area is 127 Å². The van der Waals surface area contributed by atoms with E-state index in [9.17, 15) is 16.8 Å². The van der Waals surface area contributed by atoms with Gasteiger partial charge >= 0.3 is 0 Å². The first kappa shape index (κ1) is 15.9. The molecule has 0 spiro atoms. The molecule has 9 heteroatoms. The van der Waals surface area contributed by atoms with Gasteiger partial charge < -0.3 is 0 Å². The molecule has 0 saturated heterocycles. The maximum absolute atomic E-state index is 12.4. The van der Waals surface area contributed by atoms with Gasteiger partial charge in [0.2, 0.25) is 0 Å². The molecule has 2 aromatic heterocycles. The lowest BCUT2D eigenvalue weighted by molar-refractivity contribution is 0.601. The molecule has 0 aliphatic carbocycles. The molecule has 0 aromatic carbocycles. The number of thiophene rings is 1. The summed E-state index contributed by atoms with van der Waals surface area (Å²) in [7, 11) is -7.40. The average molecular weight is 346 g/mol. The summed E-state index contributed by atoms with van der Waals surface area (Å²) in [5.74, 6) is 0. The Morgan fingerprint density at radius 3 is 2.38 bits per heavy atom. The number of anilines is 1. The van der Waals surface area contributed by atoms with Crippen LogP contribution in [0.15, 0.2) is 33.6 Å². The van der Waals surface area contributed by atoms with Crippen molar-refractivity contribution in [3.63, 3.8) is 0 Å². The molecule has 0 radical (unpaired) electrons. The van der Waals surface area contributed by atoms with Gasteiger partial charge in [0, 0.05) is 17.3 Å². The summed E-state index contributed by atoms with van der Waals surface area (Å²) in [4.78, 5) is 4.54. The summed E-state index contributed by atoms with van der Waals surface area (Å²) >= 11 is 1.13. The first-order valence-corrected chi connectivity index (χ1v) is 10.0. The SMILES string of the molecule is Cc1cc(C)c(S(=O)(=O)Nc2cnccc2S(C)(=O)=O)s1. The van der Waals surface area contributed by atoms with Crippen LogP contribution < -0.4 is 4.72 Å². The summed E-state index contributed by atoms with van der Waals surface area (Å²) < 4.78 is 50.6. The standard InChI is InChI=1S/C12H14N2O4S3/c1-8-6-9(2)19-12(8)21(17,18)14-10-7-13-5-4-11(10)20(3,15)16/h4-7,14H,1-3H3. The molecule has 0 saturated carbocycles. The third-order valence-electron chi connectivity index (χ3n) is 2.66. The Balaban J connectivity index is 2.50. The van der Waals surface area contributed by atoms with Crippen molar-refractivity contribution in [3.8, 4) is 0 Å². The van der Waals surface area contributed by atoms with Gasteiger partial charge in [0.05, 0.1) is 16.8 Å². The molecule has 1 N–H and O–H groups in total. The van der Waals surface area contributed by atoms with Crippen molar-refractivity contribution in [1.29, 1.82) is 0 Å². The van der Waals surface area contributed by atoms with Crippen molar-refractivity contribution >= 4 is 36.9 Å². The minimum absolute atomic E-state index is 0.0505. The van der Waals surface area contributed by atoms with Gasteiger partial charge in [-0.1, -0.05) is 0 Å². The van der Waals surface area contributed by atoms with Crippen molar-refractivity contribution in [2.75, 3.05) is 11.0 Å². The molecular weight excluding hydrogens is 332 g/mol. The molecule has 0 unspecified atom stereocenters. The summed E-state index contributed by atoms with van der Waals surface area (Å²) in [6.07, 6.45) is 3.50. The van der Waals surface area contributed by atoms with Crippen LogP contribution in [0.1, 0.15) is 10.4 Å². The van der Waals surface area contributed by atoms with E-state index in [-0.39, 0.29) is 14.8 Å². The molecule has 0 amide bonds. The van der Waals surface area contributed by atoms with Crippen LogP contribution in [0.2, 0.25) is 0 Å². The largest absolute Gasteiger partial charge is 0.276 e. The molecule has 0 bridgehead atoms. The van der Waals surface area contributed by atoms with Crippen LogP contribution >= 0.6 is 11.3 Å². The van der Waals surface area contributed by atoms with Crippen LogP contribution in [0.25, 0.3) is 0 Å². The molecule has 2 aromatic rings. The van der Waals surface area contributed by atoms with Crippen LogP contribution in [-0.2, 0) is 19.9 Å². The summed E-state index contributed by atoms with van der Waals surface area (Å²) in [5.41, 5.74) is 0.570. The van der Waals surface area contributed by atoms with Gasteiger partial charge in [0.15, 0.2) is 9.84 Å². The predicted octanol–water partition coefficient (Wildman–Crippen LogP) is 1.96. The van der Waals surface area contributed by atoms with Crippen LogP contribution in [-0.4, -0.2) is 28.1 Å². The van der Waals surface area contributed by atoms with E-state index in [1.165, 1.54) is 18.5 Å². The average Bonchev–Trinajstić information content (AvgIpc) is 2.68. The fraction of sp³-hybridized carbons (Fsp3) is 0.250. The monoisotopic (exact) mass is 346 g/mol. The van der Waals surface area contributed by atoms with Crippen molar-refractivity contribution in [2.45, 2.75) is 23.0 Å². The number of rotatable bonds is 4. The number of hydrogen-bond acceptors (Lipinski definition) is 6. The summed E-state index contributed by atoms with van der Waals surface area (Å²) in [6.45, 7) is 3.50. The smallest absolute Gasteiger partial charge is 0.271 e. The van der Waals surface area contributed by atoms with E-state index in [4.69, 9.17) is 0 Å². The topological polar surface area (TPSA) is 93.2 Å². The Bertz CT molecular complexity index is 883. The predicted molar refractivity (Wildman–Crippen MR) is 81.9 cm³/mol. The molecule has 0 atom stereocenters. The molecule has 21 heavy (non-hydrogen) atoms. The molecule has 114 valence electrons. The van der Waals surface area contributed by atoms with Crippen LogP contribution in [0, 0.1) is 13.8 Å². The quantitative estimate of drug-likeness (QED) is 0.913. The lowest BCUT2D eigenvalue weighted by atomic mass is 10.4. The molecule has 6 nitrogen and oxygen atoms in total. The molecule has 2 heterocycles. The molecule has 0 aliphatic rings. The zero-order chi connectivity index (χ0) is 15.8. The van der Waals surface area contributed by atoms with Crippen molar-refractivity contribution < 1.29 is 16.8 Å². The van der Waals surface area contributed by atoms with Crippen molar-refractivity contribution in [3.05, 3.63) is 35.0 Å². The van der Waals surface area contributed by atoms with Crippen LogP contribution in [0.5, 0.6) is 0 Å². The van der Waals surface area contributed by atoms with Gasteiger partial charge in [0.25, 0.3) is 10.0 Å². The summed E-state index contributed by atoms with van der Waals surface area (Å²) in [5, 5.41) is 0. The second kappa shape index (κ2) is 5.39. The highest BCUT2D eigenvalue weighted by Gasteiger charge is 2.23. The highest BCUT2D eigenvalue weighted by atomic mass is 32.2. The molecular formula is C12H14N2O4S3. The number of pyridine rings is 1. The highest BCUT2D eigenvalue weighted by molar-refractivity contribution is 7.95.